The van der Waals surface area contributed by atoms with Gasteiger partial charge >= 0.3 is 0 Å². The van der Waals surface area contributed by atoms with Gasteiger partial charge in [0.2, 0.25) is 10.4 Å². The van der Waals surface area contributed by atoms with Crippen LogP contribution in [0.15, 0.2) is 11.8 Å². The van der Waals surface area contributed by atoms with Gasteiger partial charge in [0, 0.05) is 0 Å². The predicted molar refractivity (Wildman–Crippen MR) is 101 cm³/mol. The zero-order valence-electron chi connectivity index (χ0n) is 18.2. The van der Waals surface area contributed by atoms with Crippen LogP contribution in [-0.4, -0.2) is 95.7 Å². The third kappa shape index (κ3) is 5.40. The van der Waals surface area contributed by atoms with Crippen LogP contribution in [-0.2, 0) is 33.6 Å². The van der Waals surface area contributed by atoms with E-state index in [0.717, 1.165) is 0 Å². The lowest BCUT2D eigenvalue weighted by molar-refractivity contribution is -0.499. The van der Waals surface area contributed by atoms with Crippen molar-refractivity contribution < 1.29 is 62.3 Å². The molecule has 0 spiro atoms. The molecule has 6 N–H and O–H groups in total. The monoisotopic (exact) mass is 484 g/mol. The van der Waals surface area contributed by atoms with Crippen LogP contribution in [0.5, 0.6) is 0 Å². The average Bonchev–Trinajstić information content (AvgIpc) is 2.65. The van der Waals surface area contributed by atoms with Gasteiger partial charge in [0.05, 0.1) is 31.3 Å². The lowest BCUT2D eigenvalue weighted by Crippen LogP contribution is -2.82. The van der Waals surface area contributed by atoms with E-state index in [9.17, 15) is 38.2 Å². The first-order chi connectivity index (χ1) is 14.5. The molecule has 0 saturated carbocycles. The normalized spacial score (nSPS) is 39.8. The third-order valence-electron chi connectivity index (χ3n) is 6.10. The molecule has 2 aliphatic rings. The second kappa shape index (κ2) is 9.12. The first-order valence-corrected chi connectivity index (χ1v) is 11.1. The second-order valence-electron chi connectivity index (χ2n) is 9.09. The van der Waals surface area contributed by atoms with Crippen molar-refractivity contribution >= 4 is 16.4 Å². The molecular formula is C18H30NO12S-. The highest BCUT2D eigenvalue weighted by Gasteiger charge is 2.57. The minimum atomic E-state index is -5.30. The Hall–Kier alpha value is -1.36. The number of ether oxygens (including phenoxy) is 3. The number of quaternary nitrogens is 1. The van der Waals surface area contributed by atoms with Crippen molar-refractivity contribution in [2.24, 2.45) is 5.41 Å². The van der Waals surface area contributed by atoms with E-state index in [-0.39, 0.29) is 6.61 Å². The number of hydrogen-bond acceptors (Lipinski definition) is 12. The van der Waals surface area contributed by atoms with Gasteiger partial charge < -0.3 is 49.7 Å². The van der Waals surface area contributed by atoms with Gasteiger partial charge in [-0.25, -0.2) is 8.42 Å². The van der Waals surface area contributed by atoms with Crippen molar-refractivity contribution in [2.45, 2.75) is 69.4 Å². The Morgan fingerprint density at radius 2 is 1.84 bits per heavy atom. The molecule has 13 nitrogen and oxygen atoms in total. The summed E-state index contributed by atoms with van der Waals surface area (Å²) in [4.78, 5) is 11.2. The zero-order chi connectivity index (χ0) is 24.7. The molecule has 7 atom stereocenters. The first-order valence-electron chi connectivity index (χ1n) is 9.79. The van der Waals surface area contributed by atoms with Crippen LogP contribution >= 0.6 is 0 Å². The fraction of sp³-hybridized carbons (Fsp3) is 0.833. The quantitative estimate of drug-likeness (QED) is 0.190. The maximum Gasteiger partial charge on any atom is 0.218 e. The van der Waals surface area contributed by atoms with Crippen LogP contribution in [0.25, 0.3) is 0 Å². The molecule has 0 amide bonds. The molecule has 32 heavy (non-hydrogen) atoms. The molecule has 2 aliphatic heterocycles. The summed E-state index contributed by atoms with van der Waals surface area (Å²) < 4.78 is 54.5. The highest BCUT2D eigenvalue weighted by Crippen LogP contribution is 2.41. The lowest BCUT2D eigenvalue weighted by atomic mass is 9.70. The minimum absolute atomic E-state index is 0.266. The number of carboxylic acids is 1. The van der Waals surface area contributed by atoms with Gasteiger partial charge in [0.25, 0.3) is 0 Å². The molecule has 0 aliphatic carbocycles. The molecule has 2 rings (SSSR count). The maximum atomic E-state index is 11.2. The van der Waals surface area contributed by atoms with Crippen molar-refractivity contribution in [3.05, 3.63) is 11.8 Å². The van der Waals surface area contributed by atoms with Crippen LogP contribution in [0.1, 0.15) is 27.7 Å². The number of aliphatic carboxylic acids is 1. The molecule has 14 heteroatoms. The third-order valence-corrected chi connectivity index (χ3v) is 6.54. The molecule has 0 aromatic rings. The number of carbonyl (C=O) groups excluding carboxylic acids is 1. The summed E-state index contributed by atoms with van der Waals surface area (Å²) in [6, 6.07) is -0.600. The smallest absolute Gasteiger partial charge is 0.218 e. The van der Waals surface area contributed by atoms with E-state index >= 15 is 0 Å². The Morgan fingerprint density at radius 1 is 1.25 bits per heavy atom. The van der Waals surface area contributed by atoms with E-state index in [1.165, 1.54) is 6.92 Å². The van der Waals surface area contributed by atoms with Crippen LogP contribution in [0.3, 0.4) is 0 Å². The second-order valence-corrected chi connectivity index (χ2v) is 10.1. The maximum absolute atomic E-state index is 11.2. The van der Waals surface area contributed by atoms with Crippen LogP contribution in [0.4, 0.5) is 0 Å². The molecule has 0 radical (unpaired) electrons. The summed E-state index contributed by atoms with van der Waals surface area (Å²) in [7, 11) is -5.30. The van der Waals surface area contributed by atoms with Gasteiger partial charge in [-0.15, -0.1) is 0 Å². The standard InChI is InChI=1S/C18H31NO12S/c1-16(2)12(19)13(22)17(3,11(6-20)30-16)7-28-8-18(4)14(31-32(25,26)27)9(21)5-10(29-18)15(23)24/h5,9,11-14,20-22H,6-8,19H2,1-4H3,(H,23,24)(H,25,26,27)/p-1/t9-,11?,12?,13+,14?,17-,18-/m1/s1. The van der Waals surface area contributed by atoms with E-state index in [4.69, 9.17) is 14.2 Å². The van der Waals surface area contributed by atoms with Crippen LogP contribution in [0.2, 0.25) is 0 Å². The molecule has 1 saturated heterocycles. The fourth-order valence-corrected chi connectivity index (χ4v) is 4.54. The van der Waals surface area contributed by atoms with Gasteiger partial charge in [-0.2, -0.15) is 0 Å². The van der Waals surface area contributed by atoms with E-state index in [1.807, 2.05) is 0 Å². The van der Waals surface area contributed by atoms with Gasteiger partial charge in [-0.3, -0.25) is 4.18 Å². The summed E-state index contributed by atoms with van der Waals surface area (Å²) in [6.45, 7) is 4.92. The summed E-state index contributed by atoms with van der Waals surface area (Å²) >= 11 is 0. The summed E-state index contributed by atoms with van der Waals surface area (Å²) in [5.41, 5.74) is -0.0361. The Balaban J connectivity index is 2.25. The van der Waals surface area contributed by atoms with Crippen molar-refractivity contribution in [2.75, 3.05) is 19.8 Å². The van der Waals surface area contributed by atoms with E-state index in [0.29, 0.717) is 6.08 Å². The number of hydrogen-bond donors (Lipinski definition) is 4. The Labute approximate surface area is 185 Å². The molecular weight excluding hydrogens is 454 g/mol. The summed E-state index contributed by atoms with van der Waals surface area (Å²) in [5.74, 6) is -2.59. The molecule has 1 fully saturated rings. The van der Waals surface area contributed by atoms with Crippen molar-refractivity contribution in [3.63, 3.8) is 0 Å². The number of aliphatic hydroxyl groups excluding tert-OH is 3. The van der Waals surface area contributed by atoms with E-state index in [2.05, 4.69) is 9.92 Å². The summed E-state index contributed by atoms with van der Waals surface area (Å²) in [5, 5.41) is 42.0. The van der Waals surface area contributed by atoms with Crippen molar-refractivity contribution in [1.82, 2.24) is 0 Å². The molecule has 2 heterocycles. The number of carboxylic acid groups (broad SMARTS) is 1. The number of rotatable bonds is 8. The molecule has 0 bridgehead atoms. The van der Waals surface area contributed by atoms with Gasteiger partial charge in [0.15, 0.2) is 5.60 Å². The van der Waals surface area contributed by atoms with Crippen molar-refractivity contribution in [3.8, 4) is 0 Å². The Morgan fingerprint density at radius 3 is 2.34 bits per heavy atom. The minimum Gasteiger partial charge on any atom is -0.726 e. The van der Waals surface area contributed by atoms with Crippen LogP contribution in [0, 0.1) is 5.41 Å². The first kappa shape index (κ1) is 26.9. The van der Waals surface area contributed by atoms with Crippen molar-refractivity contribution in [1.29, 1.82) is 0 Å². The predicted octanol–water partition coefficient (Wildman–Crippen LogP) is -4.22. The Kier molecular flexibility index (Phi) is 7.66. The van der Waals surface area contributed by atoms with Gasteiger partial charge in [0.1, 0.15) is 41.7 Å². The Bertz CT molecular complexity index is 841. The molecule has 3 unspecified atom stereocenters. The van der Waals surface area contributed by atoms with E-state index < -0.39 is 82.4 Å². The van der Waals surface area contributed by atoms with Crippen LogP contribution < -0.4 is 10.8 Å². The molecule has 0 aromatic carbocycles. The average molecular weight is 485 g/mol. The SMILES string of the molecule is CC1(C)OC(CO)[C@@](C)(COC[C@@]2(C)OC(C(=O)[O-])=C[C@@H](O)C2OS(=O)(=O)[O-])[C@@H](O)C1[NH3+]. The largest absolute Gasteiger partial charge is 0.726 e. The number of carbonyl (C=O) groups is 1. The molecule has 0 aromatic heterocycles. The van der Waals surface area contributed by atoms with Gasteiger partial charge in [-0.05, 0) is 26.8 Å². The molecule has 186 valence electrons. The zero-order valence-corrected chi connectivity index (χ0v) is 19.0. The summed E-state index contributed by atoms with van der Waals surface area (Å²) in [6.07, 6.45) is -4.97. The van der Waals surface area contributed by atoms with Gasteiger partial charge in [-0.1, -0.05) is 6.92 Å². The number of aliphatic hydroxyl groups is 3. The highest BCUT2D eigenvalue weighted by molar-refractivity contribution is 7.80. The van der Waals surface area contributed by atoms with E-state index in [1.54, 1.807) is 20.8 Å². The fourth-order valence-electron chi connectivity index (χ4n) is 3.97. The topological polar surface area (TPSA) is 223 Å². The lowest BCUT2D eigenvalue weighted by Gasteiger charge is -2.52. The highest BCUT2D eigenvalue weighted by atomic mass is 32.3.